The molecule has 0 saturated carbocycles. The van der Waals surface area contributed by atoms with Crippen molar-refractivity contribution in [2.45, 2.75) is 39.0 Å². The molecular formula is C25H34ClN3O2S2. The summed E-state index contributed by atoms with van der Waals surface area (Å²) in [5, 5.41) is 0.802. The molecule has 0 spiro atoms. The number of methoxy groups -OCH3 is 1. The zero-order chi connectivity index (χ0) is 23.1. The maximum atomic E-state index is 13.3. The normalized spacial score (nSPS) is 11.0. The van der Waals surface area contributed by atoms with Crippen LogP contribution in [0.5, 0.6) is 5.75 Å². The molecule has 1 heterocycles. The van der Waals surface area contributed by atoms with Crippen molar-refractivity contribution in [1.82, 2.24) is 9.88 Å². The number of carbonyl (C=O) groups excluding carboxylic acids is 1. The number of hydrogen-bond donors (Lipinski definition) is 0. The summed E-state index contributed by atoms with van der Waals surface area (Å²) in [6, 6.07) is 12.3. The second-order valence-corrected chi connectivity index (χ2v) is 9.92. The van der Waals surface area contributed by atoms with Crippen LogP contribution in [0.2, 0.25) is 0 Å². The number of hydrogen-bond acceptors (Lipinski definition) is 6. The second-order valence-electron chi connectivity index (χ2n) is 7.75. The Morgan fingerprint density at radius 2 is 1.73 bits per heavy atom. The van der Waals surface area contributed by atoms with Gasteiger partial charge in [0.25, 0.3) is 0 Å². The fourth-order valence-electron chi connectivity index (χ4n) is 3.45. The molecule has 0 bridgehead atoms. The lowest BCUT2D eigenvalue weighted by Crippen LogP contribution is -2.39. The summed E-state index contributed by atoms with van der Waals surface area (Å²) in [4.78, 5) is 23.5. The molecule has 0 aliphatic carbocycles. The number of nitrogens with zero attached hydrogens (tertiary/aromatic N) is 3. The Labute approximate surface area is 211 Å². The van der Waals surface area contributed by atoms with Gasteiger partial charge in [0.2, 0.25) is 5.91 Å². The molecule has 33 heavy (non-hydrogen) atoms. The third-order valence-electron chi connectivity index (χ3n) is 5.70. The first-order valence-corrected chi connectivity index (χ1v) is 12.9. The Hall–Kier alpha value is -1.80. The van der Waals surface area contributed by atoms with Crippen LogP contribution in [0.15, 0.2) is 41.3 Å². The molecule has 0 unspecified atom stereocenters. The van der Waals surface area contributed by atoms with Gasteiger partial charge in [0.1, 0.15) is 5.75 Å². The molecule has 8 heteroatoms. The summed E-state index contributed by atoms with van der Waals surface area (Å²) in [7, 11) is 1.66. The number of carbonyl (C=O) groups is 1. The lowest BCUT2D eigenvalue weighted by Gasteiger charge is -2.24. The predicted molar refractivity (Wildman–Crippen MR) is 145 cm³/mol. The van der Waals surface area contributed by atoms with Crippen LogP contribution in [-0.2, 0) is 4.79 Å². The number of benzene rings is 2. The van der Waals surface area contributed by atoms with Crippen LogP contribution >= 0.6 is 35.5 Å². The van der Waals surface area contributed by atoms with Crippen LogP contribution in [0, 0.1) is 13.8 Å². The van der Waals surface area contributed by atoms with E-state index < -0.39 is 0 Å². The van der Waals surface area contributed by atoms with Gasteiger partial charge in [-0.1, -0.05) is 25.2 Å². The number of thiazole rings is 1. The molecular weight excluding hydrogens is 474 g/mol. The third kappa shape index (κ3) is 7.34. The zero-order valence-electron chi connectivity index (χ0n) is 20.1. The van der Waals surface area contributed by atoms with Crippen LogP contribution in [0.4, 0.5) is 5.13 Å². The molecule has 3 rings (SSSR count). The highest BCUT2D eigenvalue weighted by atomic mass is 35.5. The number of fused-ring (bicyclic) bond motifs is 1. The summed E-state index contributed by atoms with van der Waals surface area (Å²) in [5.74, 6) is 1.70. The monoisotopic (exact) mass is 507 g/mol. The number of ether oxygens (including phenoxy) is 1. The maximum absolute atomic E-state index is 13.3. The molecule has 5 nitrogen and oxygen atoms in total. The molecule has 3 aromatic rings. The quantitative estimate of drug-likeness (QED) is 0.289. The topological polar surface area (TPSA) is 45.7 Å². The number of halogens is 1. The Bertz CT molecular complexity index is 997. The van der Waals surface area contributed by atoms with E-state index in [9.17, 15) is 4.79 Å². The fraction of sp³-hybridized carbons (Fsp3) is 0.440. The molecule has 180 valence electrons. The number of aromatic nitrogens is 1. The number of amides is 1. The van der Waals surface area contributed by atoms with Gasteiger partial charge in [0, 0.05) is 30.2 Å². The fourth-order valence-corrected chi connectivity index (χ4v) is 5.38. The molecule has 1 aromatic heterocycles. The molecule has 0 N–H and O–H groups in total. The Morgan fingerprint density at radius 1 is 1.06 bits per heavy atom. The van der Waals surface area contributed by atoms with Gasteiger partial charge in [0.15, 0.2) is 5.13 Å². The first kappa shape index (κ1) is 27.4. The van der Waals surface area contributed by atoms with Crippen molar-refractivity contribution in [2.24, 2.45) is 0 Å². The minimum atomic E-state index is 0. The van der Waals surface area contributed by atoms with Crippen molar-refractivity contribution in [2.75, 3.05) is 43.9 Å². The Balaban J connectivity index is 0.00000385. The average molecular weight is 508 g/mol. The van der Waals surface area contributed by atoms with Crippen molar-refractivity contribution in [1.29, 1.82) is 0 Å². The number of rotatable bonds is 11. The van der Waals surface area contributed by atoms with E-state index in [2.05, 4.69) is 44.7 Å². The minimum Gasteiger partial charge on any atom is -0.497 e. The van der Waals surface area contributed by atoms with Gasteiger partial charge in [-0.2, -0.15) is 0 Å². The first-order valence-electron chi connectivity index (χ1n) is 11.1. The molecule has 0 fully saturated rings. The molecule has 0 radical (unpaired) electrons. The van der Waals surface area contributed by atoms with Crippen LogP contribution in [0.1, 0.15) is 31.4 Å². The van der Waals surface area contributed by atoms with Gasteiger partial charge in [-0.3, -0.25) is 9.69 Å². The Kier molecular flexibility index (Phi) is 11.0. The van der Waals surface area contributed by atoms with Gasteiger partial charge >= 0.3 is 0 Å². The second kappa shape index (κ2) is 13.2. The molecule has 0 aliphatic heterocycles. The molecule has 0 saturated heterocycles. The molecule has 2 aromatic carbocycles. The number of likely N-dealkylation sites (N-methyl/N-ethyl adjacent to an activating group) is 1. The highest BCUT2D eigenvalue weighted by molar-refractivity contribution is 7.99. The van der Waals surface area contributed by atoms with E-state index in [0.29, 0.717) is 13.0 Å². The van der Waals surface area contributed by atoms with E-state index in [1.54, 1.807) is 30.2 Å². The third-order valence-corrected chi connectivity index (χ3v) is 7.76. The summed E-state index contributed by atoms with van der Waals surface area (Å²) in [6.07, 6.45) is 0.475. The smallest absolute Gasteiger partial charge is 0.229 e. The van der Waals surface area contributed by atoms with E-state index in [4.69, 9.17) is 9.72 Å². The van der Waals surface area contributed by atoms with Gasteiger partial charge < -0.3 is 9.64 Å². The first-order chi connectivity index (χ1) is 15.4. The number of anilines is 1. The SMILES string of the molecule is CCN(CC)CCN(C(=O)CCSc1ccc(OC)cc1)c1nc2cc(C)c(C)cc2s1.Cl. The Morgan fingerprint density at radius 3 is 2.36 bits per heavy atom. The lowest BCUT2D eigenvalue weighted by atomic mass is 10.1. The lowest BCUT2D eigenvalue weighted by molar-refractivity contribution is -0.118. The van der Waals surface area contributed by atoms with Crippen LogP contribution in [-0.4, -0.2) is 54.8 Å². The zero-order valence-corrected chi connectivity index (χ0v) is 22.5. The summed E-state index contributed by atoms with van der Waals surface area (Å²) in [6.45, 7) is 12.0. The largest absolute Gasteiger partial charge is 0.497 e. The van der Waals surface area contributed by atoms with Gasteiger partial charge in [-0.15, -0.1) is 24.2 Å². The van der Waals surface area contributed by atoms with Crippen molar-refractivity contribution in [3.05, 3.63) is 47.5 Å². The van der Waals surface area contributed by atoms with E-state index in [0.717, 1.165) is 51.4 Å². The molecule has 0 atom stereocenters. The van der Waals surface area contributed by atoms with Crippen LogP contribution in [0.3, 0.4) is 0 Å². The van der Waals surface area contributed by atoms with E-state index in [1.165, 1.54) is 11.1 Å². The number of aryl methyl sites for hydroxylation is 2. The van der Waals surface area contributed by atoms with Gasteiger partial charge in [-0.05, 0) is 74.5 Å². The van der Waals surface area contributed by atoms with Crippen molar-refractivity contribution in [3.63, 3.8) is 0 Å². The van der Waals surface area contributed by atoms with Crippen molar-refractivity contribution >= 4 is 56.8 Å². The summed E-state index contributed by atoms with van der Waals surface area (Å²) < 4.78 is 6.35. The minimum absolute atomic E-state index is 0. The average Bonchev–Trinajstić information content (AvgIpc) is 3.19. The van der Waals surface area contributed by atoms with Crippen molar-refractivity contribution in [3.8, 4) is 5.75 Å². The van der Waals surface area contributed by atoms with Crippen molar-refractivity contribution < 1.29 is 9.53 Å². The van der Waals surface area contributed by atoms with E-state index in [-0.39, 0.29) is 18.3 Å². The van der Waals surface area contributed by atoms with Gasteiger partial charge in [-0.25, -0.2) is 4.98 Å². The molecule has 1 amide bonds. The maximum Gasteiger partial charge on any atom is 0.229 e. The predicted octanol–water partition coefficient (Wildman–Crippen LogP) is 6.20. The van der Waals surface area contributed by atoms with Crippen LogP contribution < -0.4 is 9.64 Å². The summed E-state index contributed by atoms with van der Waals surface area (Å²) >= 11 is 3.30. The standard InChI is InChI=1S/C25H33N3O2S2.ClH/c1-6-27(7-2)13-14-28(25-26-22-16-18(3)19(4)17-23(22)32-25)24(29)12-15-31-21-10-8-20(30-5)9-11-21;/h8-11,16-17H,6-7,12-15H2,1-5H3;1H. The van der Waals surface area contributed by atoms with Crippen LogP contribution in [0.25, 0.3) is 10.2 Å². The molecule has 0 aliphatic rings. The highest BCUT2D eigenvalue weighted by Crippen LogP contribution is 2.31. The highest BCUT2D eigenvalue weighted by Gasteiger charge is 2.20. The van der Waals surface area contributed by atoms with E-state index >= 15 is 0 Å². The summed E-state index contributed by atoms with van der Waals surface area (Å²) in [5.41, 5.74) is 3.46. The van der Waals surface area contributed by atoms with E-state index in [1.807, 2.05) is 29.2 Å². The van der Waals surface area contributed by atoms with Gasteiger partial charge in [0.05, 0.1) is 17.3 Å². The number of thioether (sulfide) groups is 1.